The van der Waals surface area contributed by atoms with Crippen LogP contribution in [0.2, 0.25) is 0 Å². The Balaban J connectivity index is 1.49. The first-order chi connectivity index (χ1) is 11.1. The van der Waals surface area contributed by atoms with Crippen LogP contribution in [-0.2, 0) is 0 Å². The van der Waals surface area contributed by atoms with Crippen LogP contribution < -0.4 is 4.74 Å². The van der Waals surface area contributed by atoms with E-state index in [0.717, 1.165) is 31.4 Å². The van der Waals surface area contributed by atoms with Gasteiger partial charge in [-0.15, -0.1) is 0 Å². The summed E-state index contributed by atoms with van der Waals surface area (Å²) in [5, 5.41) is 9.43. The second kappa shape index (κ2) is 7.32. The Labute approximate surface area is 137 Å². The lowest BCUT2D eigenvalue weighted by molar-refractivity contribution is 0.0554. The maximum Gasteiger partial charge on any atom is 0.253 e. The molecule has 1 N–H and O–H groups in total. The Morgan fingerprint density at radius 3 is 2.43 bits per heavy atom. The van der Waals surface area contributed by atoms with Crippen molar-refractivity contribution in [3.63, 3.8) is 0 Å². The van der Waals surface area contributed by atoms with Gasteiger partial charge in [-0.1, -0.05) is 0 Å². The predicted molar refractivity (Wildman–Crippen MR) is 88.7 cm³/mol. The zero-order valence-electron chi connectivity index (χ0n) is 13.8. The van der Waals surface area contributed by atoms with Gasteiger partial charge in [0.25, 0.3) is 5.91 Å². The molecule has 1 heterocycles. The average molecular weight is 318 g/mol. The molecule has 5 nitrogen and oxygen atoms in total. The van der Waals surface area contributed by atoms with Gasteiger partial charge >= 0.3 is 0 Å². The van der Waals surface area contributed by atoms with Crippen LogP contribution in [0.5, 0.6) is 5.75 Å². The summed E-state index contributed by atoms with van der Waals surface area (Å²) in [7, 11) is 0. The molecule has 1 aromatic carbocycles. The molecule has 5 heteroatoms. The number of piperazine rings is 1. The predicted octanol–water partition coefficient (Wildman–Crippen LogP) is 1.61. The summed E-state index contributed by atoms with van der Waals surface area (Å²) >= 11 is 0. The maximum atomic E-state index is 12.5. The highest BCUT2D eigenvalue weighted by atomic mass is 16.5. The molecule has 0 bridgehead atoms. The lowest BCUT2D eigenvalue weighted by Crippen LogP contribution is -2.50. The minimum Gasteiger partial charge on any atom is -0.493 e. The molecular formula is C18H26N2O3. The number of aliphatic hydroxyl groups excluding tert-OH is 1. The first-order valence-corrected chi connectivity index (χ1v) is 8.54. The number of benzene rings is 1. The summed E-state index contributed by atoms with van der Waals surface area (Å²) in [5.41, 5.74) is 0.716. The van der Waals surface area contributed by atoms with Gasteiger partial charge in [-0.05, 0) is 49.9 Å². The normalized spacial score (nSPS) is 20.3. The molecule has 1 aliphatic heterocycles. The van der Waals surface area contributed by atoms with Crippen LogP contribution in [0.4, 0.5) is 0 Å². The van der Waals surface area contributed by atoms with Gasteiger partial charge in [0, 0.05) is 38.3 Å². The lowest BCUT2D eigenvalue weighted by atomic mass is 10.1. The highest BCUT2D eigenvalue weighted by Gasteiger charge is 2.23. The summed E-state index contributed by atoms with van der Waals surface area (Å²) in [6.07, 6.45) is 2.23. The fraction of sp³-hybridized carbons (Fsp3) is 0.611. The third kappa shape index (κ3) is 4.69. The largest absolute Gasteiger partial charge is 0.493 e. The van der Waals surface area contributed by atoms with Crippen molar-refractivity contribution in [1.29, 1.82) is 0 Å². The van der Waals surface area contributed by atoms with E-state index in [4.69, 9.17) is 4.74 Å². The van der Waals surface area contributed by atoms with Crippen LogP contribution in [0.1, 0.15) is 30.1 Å². The number of nitrogens with zero attached hydrogens (tertiary/aromatic N) is 2. The Kier molecular flexibility index (Phi) is 5.18. The van der Waals surface area contributed by atoms with Gasteiger partial charge in [-0.25, -0.2) is 0 Å². The topological polar surface area (TPSA) is 53.0 Å². The van der Waals surface area contributed by atoms with E-state index >= 15 is 0 Å². The van der Waals surface area contributed by atoms with Crippen LogP contribution in [0.15, 0.2) is 24.3 Å². The number of β-amino-alcohol motifs (C(OH)–C–C–N with tert-alkyl or cyclic N) is 1. The number of hydrogen-bond acceptors (Lipinski definition) is 4. The number of amides is 1. The van der Waals surface area contributed by atoms with Crippen molar-refractivity contribution in [2.75, 3.05) is 39.3 Å². The Bertz CT molecular complexity index is 518. The number of carbonyl (C=O) groups is 1. The highest BCUT2D eigenvalue weighted by molar-refractivity contribution is 5.94. The Morgan fingerprint density at radius 1 is 1.22 bits per heavy atom. The zero-order chi connectivity index (χ0) is 16.2. The molecule has 23 heavy (non-hydrogen) atoms. The summed E-state index contributed by atoms with van der Waals surface area (Å²) < 4.78 is 5.71. The number of rotatable bonds is 6. The minimum absolute atomic E-state index is 0.0791. The molecule has 2 aliphatic rings. The molecule has 1 atom stereocenters. The monoisotopic (exact) mass is 318 g/mol. The van der Waals surface area contributed by atoms with Gasteiger partial charge in [0.2, 0.25) is 0 Å². The summed E-state index contributed by atoms with van der Waals surface area (Å²) in [5.74, 6) is 1.65. The SMILES string of the molecule is C[C@@H](O)CN1CCN(C(=O)c2ccc(OCC3CC3)cc2)CC1. The van der Waals surface area contributed by atoms with Crippen molar-refractivity contribution in [2.24, 2.45) is 5.92 Å². The van der Waals surface area contributed by atoms with Gasteiger partial charge < -0.3 is 14.7 Å². The fourth-order valence-corrected chi connectivity index (χ4v) is 2.88. The molecule has 1 saturated carbocycles. The van der Waals surface area contributed by atoms with Crippen LogP contribution in [0.25, 0.3) is 0 Å². The summed E-state index contributed by atoms with van der Waals surface area (Å²) in [6, 6.07) is 7.48. The standard InChI is InChI=1S/C18H26N2O3/c1-14(21)12-19-8-10-20(11-9-19)18(22)16-4-6-17(7-5-16)23-13-15-2-3-15/h4-7,14-15,21H,2-3,8-13H2,1H3/t14-/m1/s1. The average Bonchev–Trinajstić information content (AvgIpc) is 3.37. The maximum absolute atomic E-state index is 12.5. The number of carbonyl (C=O) groups excluding carboxylic acids is 1. The van der Waals surface area contributed by atoms with E-state index in [1.54, 1.807) is 6.92 Å². The van der Waals surface area contributed by atoms with Crippen molar-refractivity contribution in [3.8, 4) is 5.75 Å². The molecule has 0 aromatic heterocycles. The first-order valence-electron chi connectivity index (χ1n) is 8.54. The van der Waals surface area contributed by atoms with Gasteiger partial charge in [-0.3, -0.25) is 9.69 Å². The van der Waals surface area contributed by atoms with E-state index in [2.05, 4.69) is 4.90 Å². The van der Waals surface area contributed by atoms with E-state index < -0.39 is 0 Å². The molecule has 2 fully saturated rings. The van der Waals surface area contributed by atoms with Crippen molar-refractivity contribution < 1.29 is 14.6 Å². The highest BCUT2D eigenvalue weighted by Crippen LogP contribution is 2.29. The third-order valence-electron chi connectivity index (χ3n) is 4.47. The molecule has 0 unspecified atom stereocenters. The Hall–Kier alpha value is -1.59. The van der Waals surface area contributed by atoms with Gasteiger partial charge in [-0.2, -0.15) is 0 Å². The molecule has 1 aliphatic carbocycles. The van der Waals surface area contributed by atoms with E-state index in [9.17, 15) is 9.90 Å². The second-order valence-corrected chi connectivity index (χ2v) is 6.72. The quantitative estimate of drug-likeness (QED) is 0.866. The summed E-state index contributed by atoms with van der Waals surface area (Å²) in [4.78, 5) is 16.6. The van der Waals surface area contributed by atoms with Crippen LogP contribution in [0, 0.1) is 5.92 Å². The molecule has 0 spiro atoms. The molecule has 1 saturated heterocycles. The van der Waals surface area contributed by atoms with E-state index in [1.165, 1.54) is 12.8 Å². The number of aliphatic hydroxyl groups is 1. The van der Waals surface area contributed by atoms with Crippen LogP contribution in [0.3, 0.4) is 0 Å². The van der Waals surface area contributed by atoms with E-state index in [1.807, 2.05) is 29.2 Å². The van der Waals surface area contributed by atoms with Crippen molar-refractivity contribution in [2.45, 2.75) is 25.9 Å². The van der Waals surface area contributed by atoms with Crippen molar-refractivity contribution >= 4 is 5.91 Å². The van der Waals surface area contributed by atoms with Crippen LogP contribution in [-0.4, -0.2) is 66.2 Å². The lowest BCUT2D eigenvalue weighted by Gasteiger charge is -2.35. The Morgan fingerprint density at radius 2 is 1.87 bits per heavy atom. The number of hydrogen-bond donors (Lipinski definition) is 1. The minimum atomic E-state index is -0.319. The summed E-state index contributed by atoms with van der Waals surface area (Å²) in [6.45, 7) is 6.33. The zero-order valence-corrected chi connectivity index (χ0v) is 13.8. The molecule has 1 amide bonds. The van der Waals surface area contributed by atoms with Crippen molar-refractivity contribution in [1.82, 2.24) is 9.80 Å². The molecule has 0 radical (unpaired) electrons. The van der Waals surface area contributed by atoms with Crippen LogP contribution >= 0.6 is 0 Å². The third-order valence-corrected chi connectivity index (χ3v) is 4.47. The van der Waals surface area contributed by atoms with E-state index in [-0.39, 0.29) is 12.0 Å². The molecule has 1 aromatic rings. The fourth-order valence-electron chi connectivity index (χ4n) is 2.88. The first kappa shape index (κ1) is 16.3. The van der Waals surface area contributed by atoms with Crippen molar-refractivity contribution in [3.05, 3.63) is 29.8 Å². The second-order valence-electron chi connectivity index (χ2n) is 6.72. The van der Waals surface area contributed by atoms with Gasteiger partial charge in [0.15, 0.2) is 0 Å². The van der Waals surface area contributed by atoms with E-state index in [0.29, 0.717) is 25.2 Å². The van der Waals surface area contributed by atoms with Gasteiger partial charge in [0.1, 0.15) is 5.75 Å². The smallest absolute Gasteiger partial charge is 0.253 e. The van der Waals surface area contributed by atoms with Gasteiger partial charge in [0.05, 0.1) is 12.7 Å². The number of ether oxygens (including phenoxy) is 1. The molecular weight excluding hydrogens is 292 g/mol. The molecule has 3 rings (SSSR count). The molecule has 126 valence electrons.